The minimum absolute atomic E-state index is 0.0152. The van der Waals surface area contributed by atoms with Gasteiger partial charge in [0, 0.05) is 23.5 Å². The van der Waals surface area contributed by atoms with Gasteiger partial charge in [-0.2, -0.15) is 0 Å². The Balaban J connectivity index is 2.23. The lowest BCUT2D eigenvalue weighted by Gasteiger charge is -2.34. The molecule has 2 aromatic rings. The number of hydrogen-bond donors (Lipinski definition) is 0. The fourth-order valence-electron chi connectivity index (χ4n) is 4.00. The minimum atomic E-state index is -1.80. The summed E-state index contributed by atoms with van der Waals surface area (Å²) in [5, 5.41) is 0. The molecule has 0 aliphatic heterocycles. The zero-order chi connectivity index (χ0) is 20.7. The van der Waals surface area contributed by atoms with Crippen LogP contribution in [0.25, 0.3) is 0 Å². The quantitative estimate of drug-likeness (QED) is 0.395. The molecule has 0 saturated heterocycles. The van der Waals surface area contributed by atoms with Crippen LogP contribution in [0.2, 0.25) is 18.1 Å². The second-order valence-electron chi connectivity index (χ2n) is 7.65. The highest BCUT2D eigenvalue weighted by molar-refractivity contribution is 6.73. The van der Waals surface area contributed by atoms with E-state index in [0.717, 1.165) is 42.7 Å². The van der Waals surface area contributed by atoms with E-state index < -0.39 is 20.0 Å². The molecule has 0 aliphatic carbocycles. The first-order chi connectivity index (χ1) is 13.3. The van der Waals surface area contributed by atoms with Crippen molar-refractivity contribution in [2.75, 3.05) is 0 Å². The van der Waals surface area contributed by atoms with Gasteiger partial charge in [-0.1, -0.05) is 20.8 Å². The molecule has 0 saturated carbocycles. The van der Waals surface area contributed by atoms with E-state index in [4.69, 9.17) is 4.43 Å². The van der Waals surface area contributed by atoms with Crippen LogP contribution >= 0.6 is 0 Å². The van der Waals surface area contributed by atoms with Crippen molar-refractivity contribution in [3.8, 4) is 0 Å². The summed E-state index contributed by atoms with van der Waals surface area (Å²) >= 11 is 0. The molecule has 0 N–H and O–H groups in total. The molecule has 1 heterocycles. The molecule has 154 valence electrons. The molecule has 0 amide bonds. The lowest BCUT2D eigenvalue weighted by atomic mass is 9.97. The highest BCUT2D eigenvalue weighted by Gasteiger charge is 2.33. The van der Waals surface area contributed by atoms with Gasteiger partial charge in [-0.05, 0) is 80.6 Å². The molecule has 2 rings (SSSR count). The monoisotopic (exact) mass is 405 g/mol. The summed E-state index contributed by atoms with van der Waals surface area (Å²) in [4.78, 5) is 4.49. The van der Waals surface area contributed by atoms with Crippen LogP contribution < -0.4 is 0 Å². The fourth-order valence-corrected chi connectivity index (χ4v) is 6.84. The van der Waals surface area contributed by atoms with Crippen LogP contribution in [0.5, 0.6) is 0 Å². The maximum atomic E-state index is 13.5. The van der Waals surface area contributed by atoms with Crippen molar-refractivity contribution in [1.29, 1.82) is 0 Å². The fraction of sp³-hybridized carbons (Fsp3) is 0.522. The van der Waals surface area contributed by atoms with Gasteiger partial charge < -0.3 is 4.43 Å². The van der Waals surface area contributed by atoms with Gasteiger partial charge in [-0.3, -0.25) is 4.98 Å². The van der Waals surface area contributed by atoms with E-state index in [2.05, 4.69) is 32.7 Å². The molecule has 1 atom stereocenters. The van der Waals surface area contributed by atoms with E-state index in [1.54, 1.807) is 0 Å². The first-order valence-corrected chi connectivity index (χ1v) is 12.9. The van der Waals surface area contributed by atoms with E-state index in [-0.39, 0.29) is 6.10 Å². The van der Waals surface area contributed by atoms with Gasteiger partial charge in [-0.15, -0.1) is 0 Å². The molecule has 1 unspecified atom stereocenters. The Morgan fingerprint density at radius 1 is 1.00 bits per heavy atom. The number of nitrogens with zero attached hydrogens (tertiary/aromatic N) is 1. The summed E-state index contributed by atoms with van der Waals surface area (Å²) in [5.74, 6) is -1.03. The first kappa shape index (κ1) is 22.7. The number of aromatic nitrogens is 1. The summed E-state index contributed by atoms with van der Waals surface area (Å²) in [7, 11) is -1.80. The Morgan fingerprint density at radius 3 is 2.14 bits per heavy atom. The third kappa shape index (κ3) is 5.71. The summed E-state index contributed by atoms with van der Waals surface area (Å²) in [6.07, 6.45) is 4.08. The van der Waals surface area contributed by atoms with E-state index >= 15 is 0 Å². The van der Waals surface area contributed by atoms with Gasteiger partial charge in [0.05, 0.1) is 6.10 Å². The van der Waals surface area contributed by atoms with Crippen LogP contribution in [0.1, 0.15) is 62.1 Å². The number of hydrogen-bond acceptors (Lipinski definition) is 2. The Hall–Kier alpha value is -1.59. The number of benzene rings is 1. The molecule has 1 aromatic carbocycles. The van der Waals surface area contributed by atoms with Gasteiger partial charge >= 0.3 is 0 Å². The van der Waals surface area contributed by atoms with Gasteiger partial charge in [0.1, 0.15) is 11.6 Å². The van der Waals surface area contributed by atoms with Gasteiger partial charge in [-0.25, -0.2) is 8.78 Å². The van der Waals surface area contributed by atoms with E-state index in [9.17, 15) is 8.78 Å². The van der Waals surface area contributed by atoms with Crippen LogP contribution in [0.3, 0.4) is 0 Å². The Bertz CT molecular complexity index is 728. The maximum Gasteiger partial charge on any atom is 0.192 e. The second-order valence-corrected chi connectivity index (χ2v) is 12.4. The first-order valence-electron chi connectivity index (χ1n) is 10.4. The molecule has 0 aliphatic rings. The van der Waals surface area contributed by atoms with Crippen molar-refractivity contribution in [1.82, 2.24) is 4.98 Å². The van der Waals surface area contributed by atoms with E-state index in [0.29, 0.717) is 12.0 Å². The third-order valence-electron chi connectivity index (χ3n) is 5.91. The Morgan fingerprint density at radius 2 is 1.61 bits per heavy atom. The van der Waals surface area contributed by atoms with Crippen LogP contribution in [-0.2, 0) is 10.8 Å². The average Bonchev–Trinajstić information content (AvgIpc) is 2.65. The molecular formula is C23H33F2NOSi. The number of halogens is 2. The second kappa shape index (κ2) is 10.3. The molecule has 0 radical (unpaired) electrons. The van der Waals surface area contributed by atoms with Crippen molar-refractivity contribution >= 4 is 8.32 Å². The Labute approximate surface area is 169 Å². The molecule has 0 bridgehead atoms. The normalized spacial score (nSPS) is 13.0. The predicted octanol–water partition coefficient (Wildman–Crippen LogP) is 7.06. The van der Waals surface area contributed by atoms with Gasteiger partial charge in [0.15, 0.2) is 8.32 Å². The summed E-state index contributed by atoms with van der Waals surface area (Å²) in [5.41, 5.74) is 4.08. The van der Waals surface area contributed by atoms with E-state index in [1.165, 1.54) is 23.3 Å². The molecule has 1 aromatic heterocycles. The lowest BCUT2D eigenvalue weighted by molar-refractivity contribution is 0.174. The molecule has 0 spiro atoms. The molecule has 2 nitrogen and oxygen atoms in total. The van der Waals surface area contributed by atoms with Crippen LogP contribution in [-0.4, -0.2) is 13.3 Å². The van der Waals surface area contributed by atoms with Gasteiger partial charge in [0.2, 0.25) is 0 Å². The molecule has 5 heteroatoms. The van der Waals surface area contributed by atoms with Crippen molar-refractivity contribution in [3.63, 3.8) is 0 Å². The largest absolute Gasteiger partial charge is 0.410 e. The summed E-state index contributed by atoms with van der Waals surface area (Å²) < 4.78 is 33.8. The highest BCUT2D eigenvalue weighted by atomic mass is 28.4. The molecule has 28 heavy (non-hydrogen) atoms. The summed E-state index contributed by atoms with van der Waals surface area (Å²) in [6.45, 7) is 10.8. The highest BCUT2D eigenvalue weighted by Crippen LogP contribution is 2.35. The number of rotatable bonds is 10. The standard InChI is InChI=1S/C23H33F2NOSi/c1-6-28(7-2,8-3)27-22(23-17(4)12-13-26-18(23)5)11-9-10-19-14-20(24)16-21(25)15-19/h12-16,22H,6-11H2,1-5H3. The van der Waals surface area contributed by atoms with Crippen molar-refractivity contribution in [2.45, 2.75) is 78.1 Å². The smallest absolute Gasteiger partial charge is 0.192 e. The molecular weight excluding hydrogens is 372 g/mol. The zero-order valence-corrected chi connectivity index (χ0v) is 18.8. The van der Waals surface area contributed by atoms with Crippen molar-refractivity contribution in [3.05, 3.63) is 64.5 Å². The number of aryl methyl sites for hydroxylation is 3. The van der Waals surface area contributed by atoms with Crippen LogP contribution in [0.15, 0.2) is 30.5 Å². The third-order valence-corrected chi connectivity index (χ3v) is 10.6. The van der Waals surface area contributed by atoms with E-state index in [1.807, 2.05) is 19.2 Å². The predicted molar refractivity (Wildman–Crippen MR) is 114 cm³/mol. The van der Waals surface area contributed by atoms with Crippen molar-refractivity contribution < 1.29 is 13.2 Å². The lowest BCUT2D eigenvalue weighted by Crippen LogP contribution is -2.37. The minimum Gasteiger partial charge on any atom is -0.410 e. The maximum absolute atomic E-state index is 13.5. The topological polar surface area (TPSA) is 22.1 Å². The SMILES string of the molecule is CC[Si](CC)(CC)OC(CCCc1cc(F)cc(F)c1)c1c(C)ccnc1C. The van der Waals surface area contributed by atoms with Crippen molar-refractivity contribution in [2.24, 2.45) is 0 Å². The zero-order valence-electron chi connectivity index (χ0n) is 17.8. The molecule has 0 fully saturated rings. The van der Waals surface area contributed by atoms with Gasteiger partial charge in [0.25, 0.3) is 0 Å². The summed E-state index contributed by atoms with van der Waals surface area (Å²) in [6, 6.07) is 9.05. The Kier molecular flexibility index (Phi) is 8.32. The average molecular weight is 406 g/mol. The van der Waals surface area contributed by atoms with Crippen LogP contribution in [0, 0.1) is 25.5 Å². The number of pyridine rings is 1. The van der Waals surface area contributed by atoms with Crippen LogP contribution in [0.4, 0.5) is 8.78 Å².